The summed E-state index contributed by atoms with van der Waals surface area (Å²) < 4.78 is 0. The minimum Gasteiger partial charge on any atom is -0.300 e. The van der Waals surface area contributed by atoms with Crippen LogP contribution in [0.2, 0.25) is 19.6 Å². The third-order valence-electron chi connectivity index (χ3n) is 0.941. The Bertz CT molecular complexity index is 109. The van der Waals surface area contributed by atoms with Gasteiger partial charge in [-0.1, -0.05) is 26.6 Å². The molecule has 0 amide bonds. The summed E-state index contributed by atoms with van der Waals surface area (Å²) in [7, 11) is -0.929. The Kier molecular flexibility index (Phi) is 4.28. The maximum absolute atomic E-state index is 3.87. The second kappa shape index (κ2) is 4.19. The van der Waals surface area contributed by atoms with E-state index in [1.54, 1.807) is 0 Å². The van der Waals surface area contributed by atoms with Crippen molar-refractivity contribution in [1.29, 1.82) is 0 Å². The average Bonchev–Trinajstić information content (AvgIpc) is 1.59. The lowest BCUT2D eigenvalue weighted by Crippen LogP contribution is -2.20. The van der Waals surface area contributed by atoms with Crippen LogP contribution in [0.1, 0.15) is 6.92 Å². The highest BCUT2D eigenvalue weighted by Gasteiger charge is 2.17. The fourth-order valence-electron chi connectivity index (χ4n) is 0.823. The summed E-state index contributed by atoms with van der Waals surface area (Å²) in [6.07, 6.45) is 0. The molecule has 3 heteroatoms. The minimum atomic E-state index is -0.929. The van der Waals surface area contributed by atoms with Gasteiger partial charge in [-0.05, 0) is 6.72 Å². The molecule has 0 radical (unpaired) electrons. The van der Waals surface area contributed by atoms with Gasteiger partial charge in [-0.2, -0.15) is 11.2 Å². The topological polar surface area (TPSA) is 12.4 Å². The fraction of sp³-hybridized carbons (Fsp3) is 0.857. The molecule has 0 saturated carbocycles. The van der Waals surface area contributed by atoms with Crippen LogP contribution >= 0.6 is 11.2 Å². The average molecular weight is 175 g/mol. The molecule has 0 aliphatic carbocycles. The second-order valence-electron chi connectivity index (χ2n) is 3.45. The van der Waals surface area contributed by atoms with E-state index in [0.29, 0.717) is 5.25 Å². The van der Waals surface area contributed by atoms with Gasteiger partial charge in [0.1, 0.15) is 7.22 Å². The van der Waals surface area contributed by atoms with Crippen LogP contribution in [-0.4, -0.2) is 25.7 Å². The van der Waals surface area contributed by atoms with Crippen LogP contribution in [0.3, 0.4) is 0 Å². The van der Waals surface area contributed by atoms with Crippen LogP contribution in [0.25, 0.3) is 0 Å². The van der Waals surface area contributed by atoms with Crippen LogP contribution in [0.5, 0.6) is 0 Å². The van der Waals surface area contributed by atoms with Crippen molar-refractivity contribution in [3.05, 3.63) is 0 Å². The first-order valence-corrected chi connectivity index (χ1v) is 8.66. The van der Waals surface area contributed by atoms with E-state index in [1.165, 1.54) is 0 Å². The first-order valence-electron chi connectivity index (χ1n) is 3.56. The van der Waals surface area contributed by atoms with E-state index in [0.717, 1.165) is 6.54 Å². The summed E-state index contributed by atoms with van der Waals surface area (Å²) in [6.45, 7) is 13.7. The summed E-state index contributed by atoms with van der Waals surface area (Å²) in [4.78, 5) is 3.87. The van der Waals surface area contributed by atoms with E-state index in [1.807, 2.05) is 0 Å². The number of hydrogen-bond acceptors (Lipinski definition) is 2. The van der Waals surface area contributed by atoms with Crippen molar-refractivity contribution >= 4 is 25.2 Å². The zero-order valence-corrected chi connectivity index (χ0v) is 9.16. The highest BCUT2D eigenvalue weighted by molar-refractivity contribution is 8.29. The minimum absolute atomic E-state index is 0.657. The Morgan fingerprint density at radius 3 is 2.30 bits per heavy atom. The molecule has 0 fully saturated rings. The van der Waals surface area contributed by atoms with Crippen LogP contribution in [0, 0.1) is 0 Å². The van der Waals surface area contributed by atoms with Crippen molar-refractivity contribution in [1.82, 2.24) is 0 Å². The quantitative estimate of drug-likeness (QED) is 0.473. The fourth-order valence-corrected chi connectivity index (χ4v) is 6.05. The highest BCUT2D eigenvalue weighted by atomic mass is 32.4. The monoisotopic (exact) mass is 175 g/mol. The normalized spacial score (nSPS) is 14.8. The lowest BCUT2D eigenvalue weighted by Gasteiger charge is -2.19. The van der Waals surface area contributed by atoms with Crippen LogP contribution in [-0.2, 0) is 0 Å². The molecule has 0 saturated heterocycles. The summed E-state index contributed by atoms with van der Waals surface area (Å²) in [5.41, 5.74) is 0. The van der Waals surface area contributed by atoms with Crippen LogP contribution < -0.4 is 0 Å². The lowest BCUT2D eigenvalue weighted by molar-refractivity contribution is 0.965. The van der Waals surface area contributed by atoms with Crippen molar-refractivity contribution in [3.63, 3.8) is 0 Å². The third-order valence-corrected chi connectivity index (χ3v) is 5.53. The SMILES string of the molecule is C=NCC(C)S[Si](C)(C)C. The number of rotatable bonds is 4. The zero-order valence-electron chi connectivity index (χ0n) is 7.35. The van der Waals surface area contributed by atoms with E-state index in [4.69, 9.17) is 0 Å². The molecule has 0 heterocycles. The zero-order chi connectivity index (χ0) is 8.20. The Morgan fingerprint density at radius 1 is 1.50 bits per heavy atom. The van der Waals surface area contributed by atoms with E-state index in [9.17, 15) is 0 Å². The molecule has 1 nitrogen and oxygen atoms in total. The first-order chi connectivity index (χ1) is 4.45. The van der Waals surface area contributed by atoms with Crippen molar-refractivity contribution in [2.45, 2.75) is 31.8 Å². The summed E-state index contributed by atoms with van der Waals surface area (Å²) >= 11 is 2.09. The largest absolute Gasteiger partial charge is 0.300 e. The molecule has 0 rings (SSSR count). The molecule has 0 aromatic carbocycles. The maximum Gasteiger partial charge on any atom is 0.108 e. The van der Waals surface area contributed by atoms with Gasteiger partial charge in [-0.3, -0.25) is 4.99 Å². The second-order valence-corrected chi connectivity index (χ2v) is 13.1. The predicted octanol–water partition coefficient (Wildman–Crippen LogP) is 2.64. The van der Waals surface area contributed by atoms with Gasteiger partial charge < -0.3 is 0 Å². The smallest absolute Gasteiger partial charge is 0.108 e. The predicted molar refractivity (Wildman–Crippen MR) is 54.8 cm³/mol. The highest BCUT2D eigenvalue weighted by Crippen LogP contribution is 2.24. The van der Waals surface area contributed by atoms with Crippen molar-refractivity contribution in [2.75, 3.05) is 6.54 Å². The number of aliphatic imine (C=N–C) groups is 1. The molecule has 0 aromatic heterocycles. The molecule has 0 aliphatic rings. The maximum atomic E-state index is 3.87. The van der Waals surface area contributed by atoms with Gasteiger partial charge in [-0.25, -0.2) is 0 Å². The van der Waals surface area contributed by atoms with Crippen LogP contribution in [0.4, 0.5) is 0 Å². The molecule has 10 heavy (non-hydrogen) atoms. The molecule has 0 bridgehead atoms. The van der Waals surface area contributed by atoms with Crippen molar-refractivity contribution < 1.29 is 0 Å². The van der Waals surface area contributed by atoms with E-state index in [2.05, 4.69) is 49.5 Å². The molecule has 0 aromatic rings. The number of nitrogens with zero attached hydrogens (tertiary/aromatic N) is 1. The molecule has 1 unspecified atom stereocenters. The van der Waals surface area contributed by atoms with Crippen molar-refractivity contribution in [2.24, 2.45) is 4.99 Å². The Labute approximate surface area is 69.0 Å². The van der Waals surface area contributed by atoms with Gasteiger partial charge in [0, 0.05) is 11.8 Å². The van der Waals surface area contributed by atoms with Gasteiger partial charge >= 0.3 is 0 Å². The Morgan fingerprint density at radius 2 is 2.00 bits per heavy atom. The van der Waals surface area contributed by atoms with E-state index < -0.39 is 7.22 Å². The molecular formula is C7H17NSSi. The lowest BCUT2D eigenvalue weighted by atomic mass is 10.5. The molecule has 0 aliphatic heterocycles. The Balaban J connectivity index is 3.56. The van der Waals surface area contributed by atoms with Gasteiger partial charge in [0.2, 0.25) is 0 Å². The first kappa shape index (κ1) is 10.2. The summed E-state index contributed by atoms with van der Waals surface area (Å²) in [5, 5.41) is 0.657. The summed E-state index contributed by atoms with van der Waals surface area (Å²) in [6, 6.07) is 0. The van der Waals surface area contributed by atoms with Gasteiger partial charge in [-0.15, -0.1) is 0 Å². The number of hydrogen-bond donors (Lipinski definition) is 0. The molecule has 0 spiro atoms. The molecule has 60 valence electrons. The molecular weight excluding hydrogens is 158 g/mol. The van der Waals surface area contributed by atoms with E-state index >= 15 is 0 Å². The standard InChI is InChI=1S/C7H17NSSi/c1-7(6-8-2)9-10(3,4)5/h7H,2,6H2,1,3-5H3. The van der Waals surface area contributed by atoms with Gasteiger partial charge in [0.05, 0.1) is 0 Å². The molecule has 1 atom stereocenters. The van der Waals surface area contributed by atoms with E-state index in [-0.39, 0.29) is 0 Å². The molecule has 0 N–H and O–H groups in total. The summed E-state index contributed by atoms with van der Waals surface area (Å²) in [5.74, 6) is 0. The Hall–Kier alpha value is 0.237. The van der Waals surface area contributed by atoms with Gasteiger partial charge in [0.15, 0.2) is 0 Å². The third kappa shape index (κ3) is 6.36. The van der Waals surface area contributed by atoms with Crippen molar-refractivity contribution in [3.8, 4) is 0 Å². The van der Waals surface area contributed by atoms with Crippen LogP contribution in [0.15, 0.2) is 4.99 Å². The van der Waals surface area contributed by atoms with Gasteiger partial charge in [0.25, 0.3) is 0 Å².